The molecule has 12 aliphatic rings. The van der Waals surface area contributed by atoms with Crippen LogP contribution in [-0.4, -0.2) is 131 Å². The number of halogens is 8. The average Bonchev–Trinajstić information content (AvgIpc) is 1.79. The molecule has 12 aromatic heterocycles. The molecule has 8 bridgehead atoms. The highest BCUT2D eigenvalue weighted by molar-refractivity contribution is 5.95. The first-order chi connectivity index (χ1) is 68.7. The number of fused-ring (bicyclic) bond motifs is 16. The Morgan fingerprint density at radius 2 is 0.641 bits per heavy atom. The van der Waals surface area contributed by atoms with Gasteiger partial charge in [0.15, 0.2) is 34.9 Å². The van der Waals surface area contributed by atoms with Crippen molar-refractivity contribution in [1.29, 1.82) is 0 Å². The van der Waals surface area contributed by atoms with E-state index in [4.69, 9.17) is 44.6 Å². The molecule has 0 radical (unpaired) electrons. The summed E-state index contributed by atoms with van der Waals surface area (Å²) >= 11 is 0. The molecule has 0 saturated heterocycles. The van der Waals surface area contributed by atoms with Crippen molar-refractivity contribution in [2.45, 2.75) is 188 Å². The zero-order valence-corrected chi connectivity index (χ0v) is 80.7. The lowest BCUT2D eigenvalue weighted by molar-refractivity contribution is -0.0498. The fourth-order valence-corrected chi connectivity index (χ4v) is 24.1. The number of ether oxygens (including phenoxy) is 2. The number of nitrogens with zero attached hydrogens (tertiary/aromatic N) is 13. The van der Waals surface area contributed by atoms with E-state index in [1.54, 1.807) is 53.8 Å². The molecule has 4 aromatic carbocycles. The number of alkyl halides is 2. The van der Waals surface area contributed by atoms with Crippen molar-refractivity contribution < 1.29 is 44.6 Å². The molecule has 23 nitrogen and oxygen atoms in total. The Labute approximate surface area is 817 Å². The van der Waals surface area contributed by atoms with Gasteiger partial charge in [-0.3, -0.25) is 0 Å². The SMILES string of the molecule is CC(C)Oc1ccc(-c2cc(NC3C4CCC(CC4)C3C)nc(-c3c[nH]c4ncc(F)cc34)n2)cc1F.CC1C2CCC(CC2)C1Nc1cc(-c2ccc(N(C)C)c(F)c2)nc(-c2c[nH]c3ncc(F)cc23)n1.CC1C2CCC(CC2)C1Nc1cc(-c2ccc(OC(F)F)cc2)nc(-c2c[nH]c3ncc(F)cc23)n1.Cc1cccc(-c2cc(NC3C4CCC(CC4)C3C)nc(-c3c[nH]c4ncc(F)cc34)n2)c1. The van der Waals surface area contributed by atoms with E-state index in [0.717, 1.165) is 58.1 Å². The van der Waals surface area contributed by atoms with Gasteiger partial charge in [0, 0.05) is 153 Å². The molecule has 0 spiro atoms. The number of benzene rings is 4. The Bertz CT molecular complexity index is 7270. The molecule has 12 aliphatic carbocycles. The van der Waals surface area contributed by atoms with Gasteiger partial charge in [0.1, 0.15) is 80.7 Å². The Morgan fingerprint density at radius 1 is 0.338 bits per heavy atom. The number of aryl methyl sites for hydroxylation is 1. The van der Waals surface area contributed by atoms with Gasteiger partial charge < -0.3 is 55.6 Å². The van der Waals surface area contributed by atoms with E-state index in [0.29, 0.717) is 207 Å². The summed E-state index contributed by atoms with van der Waals surface area (Å²) in [6, 6.07) is 39.6. The van der Waals surface area contributed by atoms with Crippen LogP contribution in [-0.2, 0) is 0 Å². The van der Waals surface area contributed by atoms with E-state index >= 15 is 0 Å². The van der Waals surface area contributed by atoms with E-state index in [1.165, 1.54) is 175 Å². The van der Waals surface area contributed by atoms with Crippen LogP contribution < -0.4 is 35.6 Å². The van der Waals surface area contributed by atoms with Gasteiger partial charge >= 0.3 is 6.61 Å². The molecule has 142 heavy (non-hydrogen) atoms. The lowest BCUT2D eigenvalue weighted by Crippen LogP contribution is -2.47. The second kappa shape index (κ2) is 39.8. The highest BCUT2D eigenvalue weighted by atomic mass is 19.3. The maximum absolute atomic E-state index is 14.9. The lowest BCUT2D eigenvalue weighted by atomic mass is 9.62. The predicted molar refractivity (Wildman–Crippen MR) is 540 cm³/mol. The molecular formula is C111H115F8N21O2. The number of rotatable bonds is 21. The predicted octanol–water partition coefficient (Wildman–Crippen LogP) is 26.3. The molecule has 12 heterocycles. The zero-order chi connectivity index (χ0) is 98.0. The Morgan fingerprint density at radius 3 is 0.937 bits per heavy atom. The van der Waals surface area contributed by atoms with Gasteiger partial charge in [-0.25, -0.2) is 86.2 Å². The van der Waals surface area contributed by atoms with Gasteiger partial charge in [0.25, 0.3) is 0 Å². The molecule has 732 valence electrons. The lowest BCUT2D eigenvalue weighted by Gasteiger charge is -2.47. The van der Waals surface area contributed by atoms with E-state index in [-0.39, 0.29) is 29.2 Å². The minimum absolute atomic E-state index is 0.0756. The minimum atomic E-state index is -2.89. The highest BCUT2D eigenvalue weighted by Gasteiger charge is 2.46. The number of nitrogens with one attached hydrogen (secondary N) is 8. The normalized spacial score (nSPS) is 23.5. The molecule has 0 aliphatic heterocycles. The van der Waals surface area contributed by atoms with Gasteiger partial charge in [0.05, 0.1) is 59.4 Å². The summed E-state index contributed by atoms with van der Waals surface area (Å²) in [5.74, 6) is 10.4. The summed E-state index contributed by atoms with van der Waals surface area (Å²) in [5.41, 5.74) is 12.4. The van der Waals surface area contributed by atoms with Crippen LogP contribution >= 0.6 is 0 Å². The minimum Gasteiger partial charge on any atom is -0.488 e. The van der Waals surface area contributed by atoms with Gasteiger partial charge in [-0.2, -0.15) is 8.78 Å². The summed E-state index contributed by atoms with van der Waals surface area (Å²) in [6.45, 7) is 12.3. The average molecular weight is 1930 g/mol. The second-order valence-electron chi connectivity index (χ2n) is 40.8. The Hall–Kier alpha value is -14.0. The molecule has 8 unspecified atom stereocenters. The van der Waals surface area contributed by atoms with Gasteiger partial charge in [-0.15, -0.1) is 0 Å². The molecule has 16 aromatic rings. The van der Waals surface area contributed by atoms with Crippen LogP contribution in [0.2, 0.25) is 0 Å². The largest absolute Gasteiger partial charge is 0.488 e. The van der Waals surface area contributed by atoms with E-state index in [2.05, 4.69) is 125 Å². The molecule has 8 atom stereocenters. The van der Waals surface area contributed by atoms with E-state index in [1.807, 2.05) is 64.5 Å². The van der Waals surface area contributed by atoms with Crippen molar-refractivity contribution in [2.75, 3.05) is 40.3 Å². The van der Waals surface area contributed by atoms with Gasteiger partial charge in [-0.1, -0.05) is 57.5 Å². The topological polar surface area (TPSA) is 288 Å². The molecule has 28 rings (SSSR count). The number of hydrogen-bond acceptors (Lipinski definition) is 19. The van der Waals surface area contributed by atoms with Crippen molar-refractivity contribution in [2.24, 2.45) is 71.0 Å². The van der Waals surface area contributed by atoms with Crippen LogP contribution in [0.5, 0.6) is 11.5 Å². The Kier molecular flexibility index (Phi) is 26.4. The van der Waals surface area contributed by atoms with Crippen LogP contribution in [0.3, 0.4) is 0 Å². The van der Waals surface area contributed by atoms with E-state index in [9.17, 15) is 35.1 Å². The molecule has 12 fully saturated rings. The first-order valence-corrected chi connectivity index (χ1v) is 49.9. The fourth-order valence-electron chi connectivity index (χ4n) is 24.1. The third-order valence-corrected chi connectivity index (χ3v) is 31.7. The van der Waals surface area contributed by atoms with Crippen LogP contribution in [0.1, 0.15) is 150 Å². The first-order valence-electron chi connectivity index (χ1n) is 49.9. The summed E-state index contributed by atoms with van der Waals surface area (Å²) < 4.78 is 121. The van der Waals surface area contributed by atoms with Crippen molar-refractivity contribution in [3.63, 3.8) is 0 Å². The molecular weight excluding hydrogens is 1810 g/mol. The quantitative estimate of drug-likeness (QED) is 0.0310. The van der Waals surface area contributed by atoms with Crippen LogP contribution in [0.25, 0.3) is 135 Å². The highest BCUT2D eigenvalue weighted by Crippen LogP contribution is 2.52. The Balaban J connectivity index is 0.000000112. The number of H-pyrrole nitrogens is 4. The van der Waals surface area contributed by atoms with Crippen molar-refractivity contribution >= 4 is 73.1 Å². The summed E-state index contributed by atoms with van der Waals surface area (Å²) in [5, 5.41) is 17.4. The number of aromatic amines is 4. The van der Waals surface area contributed by atoms with Crippen LogP contribution in [0.15, 0.2) is 183 Å². The standard InChI is InChI=1S/C29H31F2N5O.C28H30F2N6.C27H26F3N5O.C27H28FN5/c1-15(2)37-25-9-8-19(10-23(25)31)24-12-26(35-27-16(3)17-4-6-18(27)7-5-17)36-29(34-24)22-14-33-28-21(22)11-20(30)13-32-28;1-15-16-4-6-17(7-5-16)26(15)34-25-12-23(18-8-9-24(36(2)3)22(30)10-18)33-28(35-25)21-14-32-27-20(21)11-19(29)13-31-27;1-14-15-2-4-17(5-3-15)24(14)34-23-11-22(16-6-8-19(9-7-16)36-27(29)30)33-26(35-23)21-13-32-25-20(21)10-18(28)12-31-25;1-15-4-3-5-19(10-15)23-12-24(32-25-16(2)17-6-8-18(25)9-7-17)33-27(31-23)22-14-30-26-21(22)11-20(28)13-29-26/h8-18,27H,4-7H2,1-3H3,(H,32,33)(H,34,35,36);8-17,26H,4-7H2,1-3H3,(H,31,32)(H,33,34,35);6-15,17,24,27H,2-5H2,1H3,(H,31,32)(H,33,34,35);3-5,10-14,16-18,25H,6-9H2,1-2H3,(H,29,30)(H,31,32,33). The fraction of sp³-hybridized carbons (Fsp3) is 0.387. The third-order valence-electron chi connectivity index (χ3n) is 31.7. The summed E-state index contributed by atoms with van der Waals surface area (Å²) in [6.07, 6.45) is 32.1. The number of anilines is 5. The molecule has 8 N–H and O–H groups in total. The van der Waals surface area contributed by atoms with Crippen molar-refractivity contribution in [3.05, 3.63) is 224 Å². The van der Waals surface area contributed by atoms with Crippen LogP contribution in [0.4, 0.5) is 64.1 Å². The number of aromatic nitrogens is 16. The van der Waals surface area contributed by atoms with Crippen molar-refractivity contribution in [3.8, 4) is 102 Å². The zero-order valence-electron chi connectivity index (χ0n) is 80.7. The second-order valence-corrected chi connectivity index (χ2v) is 40.8. The molecule has 12 saturated carbocycles. The summed E-state index contributed by atoms with van der Waals surface area (Å²) in [7, 11) is 3.62. The molecule has 0 amide bonds. The smallest absolute Gasteiger partial charge is 0.387 e. The summed E-state index contributed by atoms with van der Waals surface area (Å²) in [4.78, 5) is 69.4. The van der Waals surface area contributed by atoms with Crippen LogP contribution in [0, 0.1) is 113 Å². The first kappa shape index (κ1) is 94.3. The number of hydrogen-bond donors (Lipinski definition) is 8. The monoisotopic (exact) mass is 1930 g/mol. The maximum Gasteiger partial charge on any atom is 0.387 e. The van der Waals surface area contributed by atoms with Gasteiger partial charge in [0.2, 0.25) is 0 Å². The van der Waals surface area contributed by atoms with Gasteiger partial charge in [-0.05, 0) is 279 Å². The number of pyridine rings is 4. The molecule has 31 heteroatoms. The van der Waals surface area contributed by atoms with E-state index < -0.39 is 29.9 Å². The maximum atomic E-state index is 14.9. The third kappa shape index (κ3) is 19.7. The van der Waals surface area contributed by atoms with Crippen molar-refractivity contribution in [1.82, 2.24) is 79.7 Å².